The highest BCUT2D eigenvalue weighted by Gasteiger charge is 2.26. The third kappa shape index (κ3) is 8.46. The van der Waals surface area contributed by atoms with E-state index in [1.165, 1.54) is 0 Å². The lowest BCUT2D eigenvalue weighted by Gasteiger charge is -2.25. The summed E-state index contributed by atoms with van der Waals surface area (Å²) in [5, 5.41) is 11.7. The molecule has 0 heterocycles. The van der Waals surface area contributed by atoms with Crippen molar-refractivity contribution in [2.75, 3.05) is 0 Å². The Hall–Kier alpha value is -1.26. The number of rotatable bonds is 7. The Labute approximate surface area is 115 Å². The van der Waals surface area contributed by atoms with Gasteiger partial charge in [-0.15, -0.1) is 0 Å². The van der Waals surface area contributed by atoms with E-state index in [-0.39, 0.29) is 6.04 Å². The number of amides is 1. The van der Waals surface area contributed by atoms with Crippen molar-refractivity contribution in [1.29, 1.82) is 0 Å². The minimum absolute atomic E-state index is 0.390. The van der Waals surface area contributed by atoms with Crippen LogP contribution < -0.4 is 5.32 Å². The second kappa shape index (κ2) is 8.02. The second-order valence-corrected chi connectivity index (χ2v) is 5.88. The quantitative estimate of drug-likeness (QED) is 0.698. The highest BCUT2D eigenvalue weighted by molar-refractivity contribution is 5.73. The molecule has 2 atom stereocenters. The van der Waals surface area contributed by atoms with Gasteiger partial charge in [-0.2, -0.15) is 0 Å². The summed E-state index contributed by atoms with van der Waals surface area (Å²) < 4.78 is 5.16. The first-order valence-corrected chi connectivity index (χ1v) is 6.89. The van der Waals surface area contributed by atoms with Crippen LogP contribution in [0.1, 0.15) is 60.3 Å². The maximum Gasteiger partial charge on any atom is 0.407 e. The standard InChI is InChI=1S/C14H27NO4/c1-6-7-8-9-11(10(2)12(16)17)15-13(18)19-14(3,4)5/h10-11H,6-9H2,1-5H3,(H,15,18)(H,16,17). The highest BCUT2D eigenvalue weighted by atomic mass is 16.6. The molecule has 0 saturated carbocycles. The predicted molar refractivity (Wildman–Crippen MR) is 74.1 cm³/mol. The Morgan fingerprint density at radius 1 is 1.26 bits per heavy atom. The molecule has 0 aromatic rings. The molecular formula is C14H27NO4. The van der Waals surface area contributed by atoms with E-state index in [9.17, 15) is 9.59 Å². The fourth-order valence-electron chi connectivity index (χ4n) is 1.69. The number of alkyl carbamates (subject to hydrolysis) is 1. The van der Waals surface area contributed by atoms with Crippen molar-refractivity contribution in [2.45, 2.75) is 71.9 Å². The summed E-state index contributed by atoms with van der Waals surface area (Å²) in [6.45, 7) is 9.02. The van der Waals surface area contributed by atoms with E-state index >= 15 is 0 Å². The number of unbranched alkanes of at least 4 members (excludes halogenated alkanes) is 2. The Kier molecular flexibility index (Phi) is 7.49. The molecule has 1 amide bonds. The van der Waals surface area contributed by atoms with Crippen LogP contribution in [0.15, 0.2) is 0 Å². The number of aliphatic carboxylic acids is 1. The van der Waals surface area contributed by atoms with Crippen LogP contribution in [-0.4, -0.2) is 28.8 Å². The fourth-order valence-corrected chi connectivity index (χ4v) is 1.69. The number of nitrogens with one attached hydrogen (secondary N) is 1. The van der Waals surface area contributed by atoms with E-state index in [1.54, 1.807) is 27.7 Å². The Morgan fingerprint density at radius 2 is 1.84 bits per heavy atom. The SMILES string of the molecule is CCCCCC(NC(=O)OC(C)(C)C)C(C)C(=O)O. The fraction of sp³-hybridized carbons (Fsp3) is 0.857. The van der Waals surface area contributed by atoms with Gasteiger partial charge in [-0.3, -0.25) is 4.79 Å². The molecule has 0 radical (unpaired) electrons. The van der Waals surface area contributed by atoms with Crippen molar-refractivity contribution in [3.05, 3.63) is 0 Å². The number of carboxylic acids is 1. The zero-order chi connectivity index (χ0) is 15.1. The summed E-state index contributed by atoms with van der Waals surface area (Å²) in [7, 11) is 0. The monoisotopic (exact) mass is 273 g/mol. The number of ether oxygens (including phenoxy) is 1. The first-order chi connectivity index (χ1) is 8.67. The average Bonchev–Trinajstić information content (AvgIpc) is 2.24. The summed E-state index contributed by atoms with van der Waals surface area (Å²) in [6, 6.07) is -0.390. The van der Waals surface area contributed by atoms with Crippen molar-refractivity contribution in [3.63, 3.8) is 0 Å². The molecule has 0 fully saturated rings. The van der Waals surface area contributed by atoms with Gasteiger partial charge < -0.3 is 15.2 Å². The van der Waals surface area contributed by atoms with Gasteiger partial charge in [0.25, 0.3) is 0 Å². The van der Waals surface area contributed by atoms with Crippen molar-refractivity contribution < 1.29 is 19.4 Å². The number of hydrogen-bond acceptors (Lipinski definition) is 3. The lowest BCUT2D eigenvalue weighted by Crippen LogP contribution is -2.44. The molecule has 112 valence electrons. The highest BCUT2D eigenvalue weighted by Crippen LogP contribution is 2.14. The second-order valence-electron chi connectivity index (χ2n) is 5.88. The van der Waals surface area contributed by atoms with Crippen LogP contribution in [0.5, 0.6) is 0 Å². The van der Waals surface area contributed by atoms with Crippen LogP contribution >= 0.6 is 0 Å². The van der Waals surface area contributed by atoms with E-state index in [0.717, 1.165) is 19.3 Å². The maximum absolute atomic E-state index is 11.7. The Morgan fingerprint density at radius 3 is 2.26 bits per heavy atom. The molecule has 0 spiro atoms. The number of carbonyl (C=O) groups is 2. The molecule has 0 saturated heterocycles. The van der Waals surface area contributed by atoms with Crippen molar-refractivity contribution in [2.24, 2.45) is 5.92 Å². The molecule has 0 bridgehead atoms. The number of carbonyl (C=O) groups excluding carboxylic acids is 1. The minimum atomic E-state index is -0.905. The molecular weight excluding hydrogens is 246 g/mol. The molecule has 0 aromatic carbocycles. The zero-order valence-corrected chi connectivity index (χ0v) is 12.7. The topological polar surface area (TPSA) is 75.6 Å². The molecule has 2 unspecified atom stereocenters. The Bertz CT molecular complexity index is 296. The van der Waals surface area contributed by atoms with Crippen LogP contribution in [-0.2, 0) is 9.53 Å². The smallest absolute Gasteiger partial charge is 0.407 e. The van der Waals surface area contributed by atoms with Gasteiger partial charge >= 0.3 is 12.1 Å². The van der Waals surface area contributed by atoms with Gasteiger partial charge in [-0.05, 0) is 34.1 Å². The van der Waals surface area contributed by atoms with Crippen LogP contribution in [0.2, 0.25) is 0 Å². The molecule has 0 aromatic heterocycles. The molecule has 5 heteroatoms. The summed E-state index contributed by atoms with van der Waals surface area (Å²) in [5.74, 6) is -1.53. The van der Waals surface area contributed by atoms with Crippen LogP contribution in [0, 0.1) is 5.92 Å². The molecule has 19 heavy (non-hydrogen) atoms. The summed E-state index contributed by atoms with van der Waals surface area (Å²) in [6.07, 6.45) is 3.08. The van der Waals surface area contributed by atoms with Crippen molar-refractivity contribution >= 4 is 12.1 Å². The minimum Gasteiger partial charge on any atom is -0.481 e. The predicted octanol–water partition coefficient (Wildman–Crippen LogP) is 3.18. The van der Waals surface area contributed by atoms with Gasteiger partial charge in [-0.1, -0.05) is 26.2 Å². The van der Waals surface area contributed by atoms with Gasteiger partial charge in [0, 0.05) is 6.04 Å². The molecule has 0 rings (SSSR count). The normalized spacial score (nSPS) is 14.6. The largest absolute Gasteiger partial charge is 0.481 e. The summed E-state index contributed by atoms with van der Waals surface area (Å²) in [5.41, 5.74) is -0.579. The third-order valence-corrected chi connectivity index (χ3v) is 2.81. The summed E-state index contributed by atoms with van der Waals surface area (Å²) in [4.78, 5) is 22.8. The lowest BCUT2D eigenvalue weighted by molar-refractivity contribution is -0.142. The number of hydrogen-bond donors (Lipinski definition) is 2. The molecule has 5 nitrogen and oxygen atoms in total. The zero-order valence-electron chi connectivity index (χ0n) is 12.7. The van der Waals surface area contributed by atoms with Crippen LogP contribution in [0.3, 0.4) is 0 Å². The van der Waals surface area contributed by atoms with E-state index in [2.05, 4.69) is 12.2 Å². The van der Waals surface area contributed by atoms with Crippen molar-refractivity contribution in [3.8, 4) is 0 Å². The third-order valence-electron chi connectivity index (χ3n) is 2.81. The van der Waals surface area contributed by atoms with E-state index in [1.807, 2.05) is 0 Å². The maximum atomic E-state index is 11.7. The Balaban J connectivity index is 4.48. The van der Waals surface area contributed by atoms with Gasteiger partial charge in [0.1, 0.15) is 5.60 Å². The lowest BCUT2D eigenvalue weighted by atomic mass is 9.96. The molecule has 0 aliphatic rings. The van der Waals surface area contributed by atoms with E-state index < -0.39 is 23.6 Å². The first kappa shape index (κ1) is 17.7. The summed E-state index contributed by atoms with van der Waals surface area (Å²) >= 11 is 0. The van der Waals surface area contributed by atoms with Gasteiger partial charge in [-0.25, -0.2) is 4.79 Å². The van der Waals surface area contributed by atoms with E-state index in [4.69, 9.17) is 9.84 Å². The van der Waals surface area contributed by atoms with Crippen molar-refractivity contribution in [1.82, 2.24) is 5.32 Å². The first-order valence-electron chi connectivity index (χ1n) is 6.89. The molecule has 0 aliphatic heterocycles. The van der Waals surface area contributed by atoms with Gasteiger partial charge in [0.15, 0.2) is 0 Å². The number of carboxylic acid groups (broad SMARTS) is 1. The molecule has 2 N–H and O–H groups in total. The van der Waals surface area contributed by atoms with Gasteiger partial charge in [0.05, 0.1) is 5.92 Å². The van der Waals surface area contributed by atoms with Gasteiger partial charge in [0.2, 0.25) is 0 Å². The van der Waals surface area contributed by atoms with Crippen LogP contribution in [0.25, 0.3) is 0 Å². The molecule has 0 aliphatic carbocycles. The van der Waals surface area contributed by atoms with Crippen LogP contribution in [0.4, 0.5) is 4.79 Å². The van der Waals surface area contributed by atoms with E-state index in [0.29, 0.717) is 6.42 Å². The average molecular weight is 273 g/mol.